The summed E-state index contributed by atoms with van der Waals surface area (Å²) in [6, 6.07) is 26.1. The number of hydrogen-bond donors (Lipinski definition) is 1. The van der Waals surface area contributed by atoms with E-state index in [0.29, 0.717) is 29.6 Å². The molecule has 0 radical (unpaired) electrons. The molecule has 4 aromatic rings. The van der Waals surface area contributed by atoms with E-state index in [1.807, 2.05) is 72.8 Å². The molecule has 1 atom stereocenters. The summed E-state index contributed by atoms with van der Waals surface area (Å²) in [6.45, 7) is 0. The molecule has 0 aliphatic carbocycles. The molecule has 1 amide bonds. The fraction of sp³-hybridized carbons (Fsp3) is 0.125. The molecule has 6 heteroatoms. The van der Waals surface area contributed by atoms with Crippen molar-refractivity contribution in [1.82, 2.24) is 15.5 Å². The Kier molecular flexibility index (Phi) is 6.20. The van der Waals surface area contributed by atoms with Crippen LogP contribution in [-0.4, -0.2) is 16.1 Å². The number of nitrogens with zero attached hydrogens (tertiary/aromatic N) is 2. The van der Waals surface area contributed by atoms with Gasteiger partial charge in [0.15, 0.2) is 0 Å². The fourth-order valence-electron chi connectivity index (χ4n) is 3.13. The fourth-order valence-corrected chi connectivity index (χ4v) is 3.25. The van der Waals surface area contributed by atoms with E-state index in [-0.39, 0.29) is 5.91 Å². The standard InChI is InChI=1S/C24H20ClN3O2/c25-20-14-12-18(13-15-20)22(26-21(29)16-11-17-7-3-1-4-8-17)24-28-27-23(30-24)19-9-5-2-6-10-19/h1-10,12-15,22H,11,16H2,(H,26,29)/t22-/m1/s1. The van der Waals surface area contributed by atoms with Gasteiger partial charge in [0, 0.05) is 17.0 Å². The first-order chi connectivity index (χ1) is 14.7. The number of aromatic nitrogens is 2. The Labute approximate surface area is 179 Å². The van der Waals surface area contributed by atoms with Gasteiger partial charge in [-0.1, -0.05) is 72.3 Å². The Morgan fingerprint density at radius 2 is 1.57 bits per heavy atom. The predicted octanol–water partition coefficient (Wildman–Crippen LogP) is 5.23. The largest absolute Gasteiger partial charge is 0.418 e. The molecular formula is C24H20ClN3O2. The van der Waals surface area contributed by atoms with Crippen LogP contribution in [0.25, 0.3) is 11.5 Å². The van der Waals surface area contributed by atoms with E-state index in [9.17, 15) is 4.79 Å². The van der Waals surface area contributed by atoms with Crippen molar-refractivity contribution in [2.75, 3.05) is 0 Å². The van der Waals surface area contributed by atoms with Crippen LogP contribution >= 0.6 is 11.6 Å². The van der Waals surface area contributed by atoms with Gasteiger partial charge in [-0.3, -0.25) is 4.79 Å². The van der Waals surface area contributed by atoms with Crippen LogP contribution in [-0.2, 0) is 11.2 Å². The second-order valence-corrected chi connectivity index (χ2v) is 7.29. The van der Waals surface area contributed by atoms with Crippen LogP contribution in [0, 0.1) is 0 Å². The van der Waals surface area contributed by atoms with Crippen LogP contribution in [0.3, 0.4) is 0 Å². The van der Waals surface area contributed by atoms with E-state index < -0.39 is 6.04 Å². The lowest BCUT2D eigenvalue weighted by molar-refractivity contribution is -0.121. The molecule has 0 unspecified atom stereocenters. The van der Waals surface area contributed by atoms with Crippen LogP contribution < -0.4 is 5.32 Å². The lowest BCUT2D eigenvalue weighted by Gasteiger charge is -2.16. The number of amides is 1. The van der Waals surface area contributed by atoms with Crippen LogP contribution in [0.5, 0.6) is 0 Å². The van der Waals surface area contributed by atoms with Crippen molar-refractivity contribution < 1.29 is 9.21 Å². The number of carbonyl (C=O) groups is 1. The van der Waals surface area contributed by atoms with Gasteiger partial charge in [0.1, 0.15) is 6.04 Å². The average molecular weight is 418 g/mol. The molecule has 30 heavy (non-hydrogen) atoms. The van der Waals surface area contributed by atoms with Crippen molar-refractivity contribution in [2.45, 2.75) is 18.9 Å². The van der Waals surface area contributed by atoms with Crippen molar-refractivity contribution in [1.29, 1.82) is 0 Å². The van der Waals surface area contributed by atoms with Crippen LogP contribution in [0.2, 0.25) is 5.02 Å². The Morgan fingerprint density at radius 3 is 2.27 bits per heavy atom. The molecule has 5 nitrogen and oxygen atoms in total. The molecule has 0 bridgehead atoms. The van der Waals surface area contributed by atoms with E-state index in [1.165, 1.54) is 0 Å². The highest BCUT2D eigenvalue weighted by Gasteiger charge is 2.23. The number of rotatable bonds is 7. The molecule has 0 spiro atoms. The zero-order chi connectivity index (χ0) is 20.8. The molecule has 4 rings (SSSR count). The summed E-state index contributed by atoms with van der Waals surface area (Å²) in [4.78, 5) is 12.7. The van der Waals surface area contributed by atoms with Crippen molar-refractivity contribution >= 4 is 17.5 Å². The smallest absolute Gasteiger partial charge is 0.247 e. The quantitative estimate of drug-likeness (QED) is 0.447. The van der Waals surface area contributed by atoms with Crippen molar-refractivity contribution in [3.8, 4) is 11.5 Å². The maximum absolute atomic E-state index is 12.7. The van der Waals surface area contributed by atoms with E-state index in [4.69, 9.17) is 16.0 Å². The monoisotopic (exact) mass is 417 g/mol. The molecule has 150 valence electrons. The minimum Gasteiger partial charge on any atom is -0.418 e. The van der Waals surface area contributed by atoms with E-state index >= 15 is 0 Å². The van der Waals surface area contributed by atoms with Gasteiger partial charge in [-0.05, 0) is 41.8 Å². The van der Waals surface area contributed by atoms with E-state index in [1.54, 1.807) is 12.1 Å². The number of benzene rings is 3. The highest BCUT2D eigenvalue weighted by molar-refractivity contribution is 6.30. The summed E-state index contributed by atoms with van der Waals surface area (Å²) in [5.74, 6) is 0.630. The third-order valence-corrected chi connectivity index (χ3v) is 4.95. The maximum Gasteiger partial charge on any atom is 0.247 e. The number of nitrogens with one attached hydrogen (secondary N) is 1. The Hall–Kier alpha value is -3.44. The molecule has 0 aliphatic rings. The zero-order valence-corrected chi connectivity index (χ0v) is 16.9. The number of hydrogen-bond acceptors (Lipinski definition) is 4. The van der Waals surface area contributed by atoms with Crippen LogP contribution in [0.4, 0.5) is 0 Å². The summed E-state index contributed by atoms with van der Waals surface area (Å²) in [7, 11) is 0. The van der Waals surface area contributed by atoms with Crippen molar-refractivity contribution in [3.63, 3.8) is 0 Å². The first kappa shape index (κ1) is 19.9. The third-order valence-electron chi connectivity index (χ3n) is 4.70. The molecule has 1 aromatic heterocycles. The zero-order valence-electron chi connectivity index (χ0n) is 16.2. The normalized spacial score (nSPS) is 11.8. The number of carbonyl (C=O) groups excluding carboxylic acids is 1. The Morgan fingerprint density at radius 1 is 0.900 bits per heavy atom. The second kappa shape index (κ2) is 9.37. The molecule has 1 N–H and O–H groups in total. The van der Waals surface area contributed by atoms with Crippen molar-refractivity contribution in [3.05, 3.63) is 107 Å². The minimum absolute atomic E-state index is 0.0988. The SMILES string of the molecule is O=C(CCc1ccccc1)N[C@H](c1ccc(Cl)cc1)c1nnc(-c2ccccc2)o1. The van der Waals surface area contributed by atoms with Gasteiger partial charge < -0.3 is 9.73 Å². The summed E-state index contributed by atoms with van der Waals surface area (Å²) in [5.41, 5.74) is 2.75. The summed E-state index contributed by atoms with van der Waals surface area (Å²) in [5, 5.41) is 12.0. The Balaban J connectivity index is 1.55. The van der Waals surface area contributed by atoms with Gasteiger partial charge in [-0.25, -0.2) is 0 Å². The molecule has 0 fully saturated rings. The summed E-state index contributed by atoms with van der Waals surface area (Å²) >= 11 is 6.03. The molecule has 0 saturated heterocycles. The molecule has 0 saturated carbocycles. The lowest BCUT2D eigenvalue weighted by atomic mass is 10.1. The highest BCUT2D eigenvalue weighted by Crippen LogP contribution is 2.26. The number of halogens is 1. The minimum atomic E-state index is -0.560. The van der Waals surface area contributed by atoms with Gasteiger partial charge >= 0.3 is 0 Å². The topological polar surface area (TPSA) is 68.0 Å². The molecule has 1 heterocycles. The first-order valence-electron chi connectivity index (χ1n) is 9.66. The number of aryl methyl sites for hydroxylation is 1. The van der Waals surface area contributed by atoms with E-state index in [0.717, 1.165) is 16.7 Å². The van der Waals surface area contributed by atoms with Gasteiger partial charge in [-0.2, -0.15) is 0 Å². The lowest BCUT2D eigenvalue weighted by Crippen LogP contribution is -2.29. The van der Waals surface area contributed by atoms with Gasteiger partial charge in [-0.15, -0.1) is 10.2 Å². The van der Waals surface area contributed by atoms with Gasteiger partial charge in [0.05, 0.1) is 0 Å². The van der Waals surface area contributed by atoms with Gasteiger partial charge in [0.25, 0.3) is 0 Å². The summed E-state index contributed by atoms with van der Waals surface area (Å²) < 4.78 is 5.91. The van der Waals surface area contributed by atoms with Crippen LogP contribution in [0.15, 0.2) is 89.3 Å². The van der Waals surface area contributed by atoms with Gasteiger partial charge in [0.2, 0.25) is 17.7 Å². The van der Waals surface area contributed by atoms with Crippen molar-refractivity contribution in [2.24, 2.45) is 0 Å². The second-order valence-electron chi connectivity index (χ2n) is 6.85. The average Bonchev–Trinajstić information content (AvgIpc) is 3.28. The highest BCUT2D eigenvalue weighted by atomic mass is 35.5. The molecule has 3 aromatic carbocycles. The molecule has 0 aliphatic heterocycles. The van der Waals surface area contributed by atoms with Crippen LogP contribution in [0.1, 0.15) is 29.5 Å². The predicted molar refractivity (Wildman–Crippen MR) is 116 cm³/mol. The Bertz CT molecular complexity index is 1100. The maximum atomic E-state index is 12.7. The first-order valence-corrected chi connectivity index (χ1v) is 10.0. The third kappa shape index (κ3) is 4.93. The molecular weight excluding hydrogens is 398 g/mol. The van der Waals surface area contributed by atoms with E-state index in [2.05, 4.69) is 15.5 Å². The summed E-state index contributed by atoms with van der Waals surface area (Å²) in [6.07, 6.45) is 1.01.